The molecule has 2 aromatic rings. The van der Waals surface area contributed by atoms with E-state index in [0.29, 0.717) is 0 Å². The van der Waals surface area contributed by atoms with Crippen molar-refractivity contribution in [3.63, 3.8) is 0 Å². The van der Waals surface area contributed by atoms with Crippen LogP contribution < -0.4 is 5.32 Å². The number of nitrogens with one attached hydrogen (secondary N) is 1. The topological polar surface area (TPSA) is 25.2 Å². The number of anilines is 1. The summed E-state index contributed by atoms with van der Waals surface area (Å²) in [6.45, 7) is 6.05. The van der Waals surface area contributed by atoms with E-state index in [1.54, 1.807) is 0 Å². The Hall–Kier alpha value is -0.930. The number of hydrogen-bond acceptors (Lipinski definition) is 2. The van der Waals surface area contributed by atoms with Gasteiger partial charge in [0.2, 0.25) is 0 Å². The summed E-state index contributed by atoms with van der Waals surface area (Å²) in [4.78, 5) is 0. The second-order valence-corrected chi connectivity index (χ2v) is 5.65. The molecule has 0 fully saturated rings. The van der Waals surface area contributed by atoms with E-state index < -0.39 is 0 Å². The zero-order valence-corrected chi connectivity index (χ0v) is 12.9. The molecule has 1 N–H and O–H groups in total. The highest BCUT2D eigenvalue weighted by molar-refractivity contribution is 9.10. The summed E-state index contributed by atoms with van der Waals surface area (Å²) in [6.07, 6.45) is 0. The van der Waals surface area contributed by atoms with Crippen molar-refractivity contribution in [1.82, 2.24) is 0 Å². The number of furan rings is 1. The van der Waals surface area contributed by atoms with Gasteiger partial charge in [0, 0.05) is 20.7 Å². The van der Waals surface area contributed by atoms with Gasteiger partial charge in [0.1, 0.15) is 11.5 Å². The molecule has 0 aliphatic rings. The van der Waals surface area contributed by atoms with E-state index in [4.69, 9.17) is 16.0 Å². The van der Waals surface area contributed by atoms with Gasteiger partial charge in [-0.3, -0.25) is 0 Å². The van der Waals surface area contributed by atoms with Crippen molar-refractivity contribution in [2.75, 3.05) is 5.32 Å². The molecule has 0 radical (unpaired) electrons. The van der Waals surface area contributed by atoms with Crippen molar-refractivity contribution in [3.8, 4) is 0 Å². The minimum Gasteiger partial charge on any atom is -0.466 e. The molecule has 0 saturated heterocycles. The van der Waals surface area contributed by atoms with Gasteiger partial charge in [-0.15, -0.1) is 0 Å². The minimum atomic E-state index is 0.180. The van der Waals surface area contributed by atoms with Crippen molar-refractivity contribution < 1.29 is 4.42 Å². The lowest BCUT2D eigenvalue weighted by Crippen LogP contribution is -2.07. The second-order valence-electron chi connectivity index (χ2n) is 4.36. The number of hydrogen-bond donors (Lipinski definition) is 1. The smallest absolute Gasteiger partial charge is 0.106 e. The van der Waals surface area contributed by atoms with Gasteiger partial charge in [0.05, 0.1) is 6.04 Å². The van der Waals surface area contributed by atoms with Crippen LogP contribution in [-0.4, -0.2) is 0 Å². The highest BCUT2D eigenvalue weighted by Gasteiger charge is 2.13. The molecule has 1 unspecified atom stereocenters. The zero-order chi connectivity index (χ0) is 13.3. The monoisotopic (exact) mass is 327 g/mol. The molecule has 0 bridgehead atoms. The first kappa shape index (κ1) is 13.5. The molecule has 0 spiro atoms. The van der Waals surface area contributed by atoms with Gasteiger partial charge in [-0.1, -0.05) is 11.6 Å². The van der Waals surface area contributed by atoms with E-state index in [9.17, 15) is 0 Å². The maximum absolute atomic E-state index is 5.93. The van der Waals surface area contributed by atoms with Gasteiger partial charge >= 0.3 is 0 Å². The molecule has 2 nitrogen and oxygen atoms in total. The molecule has 96 valence electrons. The molecular weight excluding hydrogens is 314 g/mol. The van der Waals surface area contributed by atoms with Crippen LogP contribution in [0.25, 0.3) is 0 Å². The lowest BCUT2D eigenvalue weighted by atomic mass is 10.1. The second kappa shape index (κ2) is 5.37. The Morgan fingerprint density at radius 1 is 1.28 bits per heavy atom. The van der Waals surface area contributed by atoms with Crippen molar-refractivity contribution in [2.24, 2.45) is 0 Å². The van der Waals surface area contributed by atoms with Crippen LogP contribution in [0.4, 0.5) is 5.69 Å². The maximum atomic E-state index is 5.93. The van der Waals surface area contributed by atoms with E-state index in [0.717, 1.165) is 26.7 Å². The van der Waals surface area contributed by atoms with Crippen molar-refractivity contribution in [3.05, 3.63) is 50.8 Å². The van der Waals surface area contributed by atoms with Crippen molar-refractivity contribution in [1.29, 1.82) is 0 Å². The molecular formula is C14H15BrClNO. The first-order valence-corrected chi connectivity index (χ1v) is 6.93. The average Bonchev–Trinajstić information content (AvgIpc) is 2.62. The fourth-order valence-corrected chi connectivity index (χ4v) is 2.80. The molecule has 0 aliphatic heterocycles. The summed E-state index contributed by atoms with van der Waals surface area (Å²) in [5.41, 5.74) is 2.19. The predicted octanol–water partition coefficient (Wildman–Crippen LogP) is 5.49. The Kier molecular flexibility index (Phi) is 4.03. The third kappa shape index (κ3) is 2.90. The fourth-order valence-electron chi connectivity index (χ4n) is 2.00. The molecule has 4 heteroatoms. The summed E-state index contributed by atoms with van der Waals surface area (Å²) >= 11 is 9.43. The Bertz CT molecular complexity index is 565. The van der Waals surface area contributed by atoms with Gasteiger partial charge in [0.15, 0.2) is 0 Å². The van der Waals surface area contributed by atoms with Gasteiger partial charge < -0.3 is 9.73 Å². The van der Waals surface area contributed by atoms with Crippen LogP contribution in [0.1, 0.15) is 30.0 Å². The maximum Gasteiger partial charge on any atom is 0.106 e. The minimum absolute atomic E-state index is 0.180. The highest BCUT2D eigenvalue weighted by Crippen LogP contribution is 2.30. The highest BCUT2D eigenvalue weighted by atomic mass is 79.9. The first-order valence-electron chi connectivity index (χ1n) is 5.76. The van der Waals surface area contributed by atoms with Crippen LogP contribution in [0.3, 0.4) is 0 Å². The van der Waals surface area contributed by atoms with Gasteiger partial charge in [-0.25, -0.2) is 0 Å². The van der Waals surface area contributed by atoms with Crippen LogP contribution in [0, 0.1) is 13.8 Å². The van der Waals surface area contributed by atoms with Gasteiger partial charge in [0.25, 0.3) is 0 Å². The van der Waals surface area contributed by atoms with Crippen LogP contribution >= 0.6 is 27.5 Å². The molecule has 1 aromatic heterocycles. The van der Waals surface area contributed by atoms with E-state index >= 15 is 0 Å². The summed E-state index contributed by atoms with van der Waals surface area (Å²) in [5, 5.41) is 4.16. The fraction of sp³-hybridized carbons (Fsp3) is 0.286. The largest absolute Gasteiger partial charge is 0.466 e. The van der Waals surface area contributed by atoms with Gasteiger partial charge in [-0.05, 0) is 61.0 Å². The lowest BCUT2D eigenvalue weighted by Gasteiger charge is -2.16. The summed E-state index contributed by atoms with van der Waals surface area (Å²) in [7, 11) is 0. The van der Waals surface area contributed by atoms with Crippen molar-refractivity contribution in [2.45, 2.75) is 26.8 Å². The SMILES string of the molecule is Cc1cc(C(C)Nc2ccc(Cl)cc2Br)c(C)o1. The normalized spacial score (nSPS) is 12.5. The first-order chi connectivity index (χ1) is 8.47. The summed E-state index contributed by atoms with van der Waals surface area (Å²) in [5.74, 6) is 1.89. The van der Waals surface area contributed by atoms with E-state index in [1.165, 1.54) is 5.56 Å². The molecule has 0 saturated carbocycles. The standard InChI is InChI=1S/C14H15BrClNO/c1-8-6-12(10(3)18-8)9(2)17-14-5-4-11(16)7-13(14)15/h4-7,9,17H,1-3H3. The molecule has 0 amide bonds. The lowest BCUT2D eigenvalue weighted by molar-refractivity contribution is 0.500. The number of aryl methyl sites for hydroxylation is 2. The number of benzene rings is 1. The Balaban J connectivity index is 2.21. The van der Waals surface area contributed by atoms with Crippen LogP contribution in [0.15, 0.2) is 33.2 Å². The van der Waals surface area contributed by atoms with E-state index in [1.807, 2.05) is 32.0 Å². The zero-order valence-electron chi connectivity index (χ0n) is 10.6. The molecule has 18 heavy (non-hydrogen) atoms. The predicted molar refractivity (Wildman–Crippen MR) is 79.4 cm³/mol. The molecule has 1 aromatic carbocycles. The Morgan fingerprint density at radius 3 is 2.56 bits per heavy atom. The average molecular weight is 329 g/mol. The number of rotatable bonds is 3. The van der Waals surface area contributed by atoms with Crippen LogP contribution in [0.5, 0.6) is 0 Å². The van der Waals surface area contributed by atoms with Crippen LogP contribution in [0.2, 0.25) is 5.02 Å². The Labute approximate surface area is 120 Å². The van der Waals surface area contributed by atoms with E-state index in [-0.39, 0.29) is 6.04 Å². The Morgan fingerprint density at radius 2 is 2.00 bits per heavy atom. The molecule has 2 rings (SSSR count). The van der Waals surface area contributed by atoms with Crippen molar-refractivity contribution >= 4 is 33.2 Å². The van der Waals surface area contributed by atoms with Gasteiger partial charge in [-0.2, -0.15) is 0 Å². The molecule has 1 heterocycles. The third-order valence-electron chi connectivity index (χ3n) is 2.85. The third-order valence-corrected chi connectivity index (χ3v) is 3.74. The molecule has 0 aliphatic carbocycles. The number of halogens is 2. The summed E-state index contributed by atoms with van der Waals surface area (Å²) < 4.78 is 6.51. The molecule has 1 atom stereocenters. The van der Waals surface area contributed by atoms with E-state index in [2.05, 4.69) is 34.2 Å². The summed E-state index contributed by atoms with van der Waals surface area (Å²) in [6, 6.07) is 7.96. The van der Waals surface area contributed by atoms with Crippen LogP contribution in [-0.2, 0) is 0 Å². The quantitative estimate of drug-likeness (QED) is 0.806.